The Morgan fingerprint density at radius 2 is 1.95 bits per heavy atom. The van der Waals surface area contributed by atoms with E-state index in [0.29, 0.717) is 6.54 Å². The van der Waals surface area contributed by atoms with Gasteiger partial charge in [-0.15, -0.1) is 0 Å². The van der Waals surface area contributed by atoms with E-state index in [1.165, 1.54) is 17.0 Å². The predicted octanol–water partition coefficient (Wildman–Crippen LogP) is 2.57. The van der Waals surface area contributed by atoms with Crippen LogP contribution in [0.5, 0.6) is 0 Å². The number of carbonyl (C=O) groups is 2. The number of rotatable bonds is 6. The molecule has 21 heavy (non-hydrogen) atoms. The lowest BCUT2D eigenvalue weighted by molar-refractivity contribution is -0.139. The lowest BCUT2D eigenvalue weighted by Crippen LogP contribution is -2.34. The molecular weight excluding hydrogens is 287 g/mol. The minimum absolute atomic E-state index is 0.0453. The minimum atomic E-state index is -4.45. The smallest absolute Gasteiger partial charge is 0.416 e. The number of aliphatic carboxylic acids is 1. The molecule has 1 aromatic carbocycles. The summed E-state index contributed by atoms with van der Waals surface area (Å²) in [7, 11) is 0. The molecule has 0 unspecified atom stereocenters. The normalized spacial score (nSPS) is 11.2. The lowest BCUT2D eigenvalue weighted by atomic mass is 10.1. The molecule has 0 aliphatic heterocycles. The highest BCUT2D eigenvalue weighted by molar-refractivity contribution is 5.79. The molecule has 4 nitrogen and oxygen atoms in total. The van der Waals surface area contributed by atoms with Gasteiger partial charge in [0.1, 0.15) is 0 Å². The summed E-state index contributed by atoms with van der Waals surface area (Å²) in [6, 6.07) is 4.57. The standard InChI is InChI=1S/C14H16F3NO3/c1-2-18(7-6-13(20)21)12(19)9-10-4-3-5-11(8-10)14(15,16)17/h3-5,8H,2,6-7,9H2,1H3,(H,20,21). The highest BCUT2D eigenvalue weighted by Gasteiger charge is 2.30. The van der Waals surface area contributed by atoms with Crippen LogP contribution in [0.4, 0.5) is 13.2 Å². The average molecular weight is 303 g/mol. The third-order valence-corrected chi connectivity index (χ3v) is 2.94. The largest absolute Gasteiger partial charge is 0.481 e. The van der Waals surface area contributed by atoms with Gasteiger partial charge in [-0.05, 0) is 18.6 Å². The number of hydrogen-bond acceptors (Lipinski definition) is 2. The highest BCUT2D eigenvalue weighted by atomic mass is 19.4. The fourth-order valence-electron chi connectivity index (χ4n) is 1.83. The van der Waals surface area contributed by atoms with E-state index >= 15 is 0 Å². The van der Waals surface area contributed by atoms with Crippen molar-refractivity contribution in [2.45, 2.75) is 25.9 Å². The molecule has 0 aromatic heterocycles. The van der Waals surface area contributed by atoms with Crippen molar-refractivity contribution in [3.63, 3.8) is 0 Å². The van der Waals surface area contributed by atoms with Crippen LogP contribution in [-0.4, -0.2) is 35.0 Å². The van der Waals surface area contributed by atoms with Gasteiger partial charge in [-0.3, -0.25) is 9.59 Å². The molecule has 0 heterocycles. The molecule has 1 N–H and O–H groups in total. The molecule has 1 rings (SSSR count). The van der Waals surface area contributed by atoms with E-state index in [-0.39, 0.29) is 24.9 Å². The number of halogens is 3. The van der Waals surface area contributed by atoms with E-state index in [9.17, 15) is 22.8 Å². The second-order valence-corrected chi connectivity index (χ2v) is 4.49. The number of benzene rings is 1. The number of alkyl halides is 3. The quantitative estimate of drug-likeness (QED) is 0.878. The first-order valence-electron chi connectivity index (χ1n) is 6.39. The number of carboxylic acids is 1. The molecule has 0 saturated carbocycles. The Kier molecular flexibility index (Phi) is 5.75. The number of nitrogens with zero attached hydrogens (tertiary/aromatic N) is 1. The van der Waals surface area contributed by atoms with E-state index < -0.39 is 23.6 Å². The Morgan fingerprint density at radius 3 is 2.48 bits per heavy atom. The van der Waals surface area contributed by atoms with Crippen molar-refractivity contribution in [1.82, 2.24) is 4.90 Å². The van der Waals surface area contributed by atoms with Crippen molar-refractivity contribution in [1.29, 1.82) is 0 Å². The number of carbonyl (C=O) groups excluding carboxylic acids is 1. The van der Waals surface area contributed by atoms with E-state index in [1.807, 2.05) is 0 Å². The zero-order chi connectivity index (χ0) is 16.0. The highest BCUT2D eigenvalue weighted by Crippen LogP contribution is 2.29. The van der Waals surface area contributed by atoms with E-state index in [1.54, 1.807) is 6.92 Å². The molecule has 1 aromatic rings. The zero-order valence-electron chi connectivity index (χ0n) is 11.5. The number of hydrogen-bond donors (Lipinski definition) is 1. The van der Waals surface area contributed by atoms with Gasteiger partial charge in [-0.25, -0.2) is 0 Å². The topological polar surface area (TPSA) is 57.6 Å². The fourth-order valence-corrected chi connectivity index (χ4v) is 1.83. The van der Waals surface area contributed by atoms with Crippen LogP contribution < -0.4 is 0 Å². The van der Waals surface area contributed by atoms with Crippen LogP contribution in [0.25, 0.3) is 0 Å². The van der Waals surface area contributed by atoms with Crippen molar-refractivity contribution in [2.24, 2.45) is 0 Å². The predicted molar refractivity (Wildman–Crippen MR) is 69.7 cm³/mol. The van der Waals surface area contributed by atoms with Crippen molar-refractivity contribution < 1.29 is 27.9 Å². The Hall–Kier alpha value is -2.05. The van der Waals surface area contributed by atoms with Crippen molar-refractivity contribution in [3.8, 4) is 0 Å². The Morgan fingerprint density at radius 1 is 1.29 bits per heavy atom. The monoisotopic (exact) mass is 303 g/mol. The Labute approximate surface area is 120 Å². The summed E-state index contributed by atoms with van der Waals surface area (Å²) < 4.78 is 37.7. The van der Waals surface area contributed by atoms with Crippen LogP contribution in [0.3, 0.4) is 0 Å². The molecular formula is C14H16F3NO3. The second kappa shape index (κ2) is 7.10. The molecule has 0 aliphatic carbocycles. The van der Waals surface area contributed by atoms with Crippen LogP contribution in [0.1, 0.15) is 24.5 Å². The van der Waals surface area contributed by atoms with Crippen LogP contribution in [0.15, 0.2) is 24.3 Å². The summed E-state index contributed by atoms with van der Waals surface area (Å²) in [6.07, 6.45) is -4.83. The van der Waals surface area contributed by atoms with Crippen LogP contribution in [0, 0.1) is 0 Å². The first-order valence-corrected chi connectivity index (χ1v) is 6.39. The maximum Gasteiger partial charge on any atom is 0.416 e. The Bertz CT molecular complexity index is 514. The van der Waals surface area contributed by atoms with Crippen molar-refractivity contribution in [2.75, 3.05) is 13.1 Å². The maximum atomic E-state index is 12.6. The molecule has 0 atom stereocenters. The number of carboxylic acid groups (broad SMARTS) is 1. The van der Waals surface area contributed by atoms with Crippen molar-refractivity contribution >= 4 is 11.9 Å². The summed E-state index contributed by atoms with van der Waals surface area (Å²) in [4.78, 5) is 23.8. The third-order valence-electron chi connectivity index (χ3n) is 2.94. The Balaban J connectivity index is 2.75. The van der Waals surface area contributed by atoms with Crippen LogP contribution >= 0.6 is 0 Å². The molecule has 0 aliphatic rings. The fraction of sp³-hybridized carbons (Fsp3) is 0.429. The van der Waals surface area contributed by atoms with Gasteiger partial charge < -0.3 is 10.0 Å². The van der Waals surface area contributed by atoms with Gasteiger partial charge in [0.25, 0.3) is 0 Å². The molecule has 1 amide bonds. The first kappa shape index (κ1) is 17.0. The van der Waals surface area contributed by atoms with Crippen LogP contribution in [0.2, 0.25) is 0 Å². The maximum absolute atomic E-state index is 12.6. The molecule has 7 heteroatoms. The van der Waals surface area contributed by atoms with Gasteiger partial charge in [0, 0.05) is 13.1 Å². The summed E-state index contributed by atoms with van der Waals surface area (Å²) in [5.41, 5.74) is -0.551. The second-order valence-electron chi connectivity index (χ2n) is 4.49. The van der Waals surface area contributed by atoms with Gasteiger partial charge in [-0.2, -0.15) is 13.2 Å². The molecule has 0 saturated heterocycles. The SMILES string of the molecule is CCN(CCC(=O)O)C(=O)Cc1cccc(C(F)(F)F)c1. The summed E-state index contributed by atoms with van der Waals surface area (Å²) in [5.74, 6) is -1.42. The molecule has 0 spiro atoms. The third kappa shape index (κ3) is 5.45. The molecule has 0 radical (unpaired) electrons. The molecule has 0 fully saturated rings. The minimum Gasteiger partial charge on any atom is -0.481 e. The van der Waals surface area contributed by atoms with E-state index in [4.69, 9.17) is 5.11 Å². The van der Waals surface area contributed by atoms with Gasteiger partial charge in [0.2, 0.25) is 5.91 Å². The molecule has 116 valence electrons. The van der Waals surface area contributed by atoms with Gasteiger partial charge in [-0.1, -0.05) is 18.2 Å². The average Bonchev–Trinajstić information content (AvgIpc) is 2.38. The number of amides is 1. The lowest BCUT2D eigenvalue weighted by Gasteiger charge is -2.20. The summed E-state index contributed by atoms with van der Waals surface area (Å²) in [6.45, 7) is 2.04. The summed E-state index contributed by atoms with van der Waals surface area (Å²) >= 11 is 0. The van der Waals surface area contributed by atoms with E-state index in [0.717, 1.165) is 12.1 Å². The number of likely N-dealkylation sites (N-methyl/N-ethyl adjacent to an activating group) is 1. The van der Waals surface area contributed by atoms with Crippen LogP contribution in [-0.2, 0) is 22.2 Å². The van der Waals surface area contributed by atoms with Gasteiger partial charge in [0.05, 0.1) is 18.4 Å². The van der Waals surface area contributed by atoms with E-state index in [2.05, 4.69) is 0 Å². The van der Waals surface area contributed by atoms with Crippen molar-refractivity contribution in [3.05, 3.63) is 35.4 Å². The van der Waals surface area contributed by atoms with Gasteiger partial charge in [0.15, 0.2) is 0 Å². The summed E-state index contributed by atoms with van der Waals surface area (Å²) in [5, 5.41) is 8.59. The first-order chi connectivity index (χ1) is 9.74. The zero-order valence-corrected chi connectivity index (χ0v) is 11.5. The van der Waals surface area contributed by atoms with Gasteiger partial charge >= 0.3 is 12.1 Å². The molecule has 0 bridgehead atoms.